The van der Waals surface area contributed by atoms with Crippen LogP contribution in [0.15, 0.2) is 18.2 Å². The van der Waals surface area contributed by atoms with Crippen LogP contribution in [0, 0.1) is 6.92 Å². The molecule has 0 radical (unpaired) electrons. The minimum Gasteiger partial charge on any atom is -0.497 e. The van der Waals surface area contributed by atoms with Crippen molar-refractivity contribution >= 4 is 16.6 Å². The lowest BCUT2D eigenvalue weighted by atomic mass is 10.0. The maximum atomic E-state index is 5.52. The van der Waals surface area contributed by atoms with Crippen molar-refractivity contribution in [3.8, 4) is 5.75 Å². The lowest BCUT2D eigenvalue weighted by Crippen LogP contribution is -2.23. The van der Waals surface area contributed by atoms with Crippen molar-refractivity contribution in [3.63, 3.8) is 0 Å². The normalized spacial score (nSPS) is 11.3. The van der Waals surface area contributed by atoms with Crippen molar-refractivity contribution in [2.75, 3.05) is 38.6 Å². The number of benzene rings is 1. The Bertz CT molecular complexity index is 710. The molecule has 0 aliphatic rings. The van der Waals surface area contributed by atoms with E-state index >= 15 is 0 Å². The first kappa shape index (κ1) is 21.5. The van der Waals surface area contributed by atoms with E-state index in [2.05, 4.69) is 56.1 Å². The van der Waals surface area contributed by atoms with E-state index in [4.69, 9.17) is 9.72 Å². The molecule has 0 atom stereocenters. The van der Waals surface area contributed by atoms with Crippen LogP contribution in [-0.2, 0) is 6.42 Å². The Morgan fingerprint density at radius 3 is 2.41 bits per heavy atom. The molecule has 27 heavy (non-hydrogen) atoms. The van der Waals surface area contributed by atoms with Crippen molar-refractivity contribution in [2.45, 2.75) is 59.8 Å². The highest BCUT2D eigenvalue weighted by Gasteiger charge is 2.10. The number of aryl methyl sites for hydroxylation is 2. The minimum atomic E-state index is 0.893. The highest BCUT2D eigenvalue weighted by Crippen LogP contribution is 2.31. The first-order valence-corrected chi connectivity index (χ1v) is 10.6. The number of fused-ring (bicyclic) bond motifs is 1. The number of rotatable bonds is 12. The van der Waals surface area contributed by atoms with Gasteiger partial charge in [-0.2, -0.15) is 0 Å². The van der Waals surface area contributed by atoms with Crippen LogP contribution in [0.1, 0.15) is 57.7 Å². The van der Waals surface area contributed by atoms with Crippen molar-refractivity contribution in [2.24, 2.45) is 0 Å². The first-order chi connectivity index (χ1) is 13.1. The Kier molecular flexibility index (Phi) is 8.86. The number of anilines is 1. The fraction of sp³-hybridized carbons (Fsp3) is 0.609. The zero-order valence-corrected chi connectivity index (χ0v) is 17.9. The Morgan fingerprint density at radius 2 is 1.74 bits per heavy atom. The Hall–Kier alpha value is -1.81. The molecule has 4 nitrogen and oxygen atoms in total. The summed E-state index contributed by atoms with van der Waals surface area (Å²) in [6.45, 7) is 13.3. The second-order valence-corrected chi connectivity index (χ2v) is 7.22. The molecule has 4 heteroatoms. The van der Waals surface area contributed by atoms with Gasteiger partial charge in [0.15, 0.2) is 0 Å². The van der Waals surface area contributed by atoms with Crippen LogP contribution in [0.25, 0.3) is 10.9 Å². The average molecular weight is 372 g/mol. The van der Waals surface area contributed by atoms with Gasteiger partial charge in [0.05, 0.1) is 18.3 Å². The third-order valence-electron chi connectivity index (χ3n) is 5.33. The molecular weight excluding hydrogens is 334 g/mol. The van der Waals surface area contributed by atoms with Crippen LogP contribution in [0.4, 0.5) is 5.69 Å². The summed E-state index contributed by atoms with van der Waals surface area (Å²) in [6, 6.07) is 6.37. The largest absolute Gasteiger partial charge is 0.497 e. The summed E-state index contributed by atoms with van der Waals surface area (Å²) < 4.78 is 5.52. The predicted molar refractivity (Wildman–Crippen MR) is 117 cm³/mol. The second kappa shape index (κ2) is 11.1. The molecule has 0 unspecified atom stereocenters. The summed E-state index contributed by atoms with van der Waals surface area (Å²) in [7, 11) is 1.73. The van der Waals surface area contributed by atoms with E-state index in [-0.39, 0.29) is 0 Å². The molecule has 1 heterocycles. The number of nitrogens with one attached hydrogen (secondary N) is 1. The van der Waals surface area contributed by atoms with Gasteiger partial charge in [0.1, 0.15) is 5.75 Å². The molecule has 1 aromatic carbocycles. The molecule has 2 rings (SSSR count). The molecule has 0 saturated carbocycles. The SMILES string of the molecule is CCc1cc(C)nc2c(NCCCCCCN(CC)CC)cc(OC)cc12. The smallest absolute Gasteiger partial charge is 0.121 e. The highest BCUT2D eigenvalue weighted by molar-refractivity contribution is 5.94. The van der Waals surface area contributed by atoms with E-state index in [1.54, 1.807) is 7.11 Å². The quantitative estimate of drug-likeness (QED) is 0.505. The van der Waals surface area contributed by atoms with Crippen molar-refractivity contribution in [1.29, 1.82) is 0 Å². The van der Waals surface area contributed by atoms with Gasteiger partial charge in [0.2, 0.25) is 0 Å². The Morgan fingerprint density at radius 1 is 1.00 bits per heavy atom. The zero-order chi connectivity index (χ0) is 19.6. The monoisotopic (exact) mass is 371 g/mol. The topological polar surface area (TPSA) is 37.4 Å². The van der Waals surface area contributed by atoms with E-state index in [0.29, 0.717) is 0 Å². The standard InChI is InChI=1S/C23H37N3O/c1-6-19-15-18(4)25-23-21(19)16-20(27-5)17-22(23)24-13-11-9-10-12-14-26(7-2)8-3/h15-17,24H,6-14H2,1-5H3. The number of ether oxygens (including phenoxy) is 1. The predicted octanol–water partition coefficient (Wildman–Crippen LogP) is 5.43. The number of hydrogen-bond donors (Lipinski definition) is 1. The first-order valence-electron chi connectivity index (χ1n) is 10.6. The Labute approximate surface area is 165 Å². The van der Waals surface area contributed by atoms with E-state index in [0.717, 1.165) is 48.7 Å². The molecule has 0 saturated heterocycles. The van der Waals surface area contributed by atoms with Crippen LogP contribution in [0.2, 0.25) is 0 Å². The number of unbranched alkanes of at least 4 members (excludes halogenated alkanes) is 3. The van der Waals surface area contributed by atoms with Crippen LogP contribution in [-0.4, -0.2) is 43.2 Å². The second-order valence-electron chi connectivity index (χ2n) is 7.22. The van der Waals surface area contributed by atoms with E-state index in [1.807, 2.05) is 0 Å². The molecular formula is C23H37N3O. The summed E-state index contributed by atoms with van der Waals surface area (Å²) in [5, 5.41) is 4.81. The molecule has 0 bridgehead atoms. The number of aromatic nitrogens is 1. The molecule has 0 amide bonds. The fourth-order valence-corrected chi connectivity index (χ4v) is 3.63. The third-order valence-corrected chi connectivity index (χ3v) is 5.33. The summed E-state index contributed by atoms with van der Waals surface area (Å²) in [4.78, 5) is 7.30. The Balaban J connectivity index is 1.95. The summed E-state index contributed by atoms with van der Waals surface area (Å²) in [5.41, 5.74) is 4.56. The zero-order valence-electron chi connectivity index (χ0n) is 17.9. The molecule has 0 fully saturated rings. The molecule has 0 spiro atoms. The summed E-state index contributed by atoms with van der Waals surface area (Å²) >= 11 is 0. The van der Waals surface area contributed by atoms with Gasteiger partial charge in [-0.25, -0.2) is 0 Å². The molecule has 0 aliphatic carbocycles. The number of methoxy groups -OCH3 is 1. The van der Waals surface area contributed by atoms with Gasteiger partial charge >= 0.3 is 0 Å². The minimum absolute atomic E-state index is 0.893. The maximum absolute atomic E-state index is 5.52. The number of pyridine rings is 1. The van der Waals surface area contributed by atoms with Crippen molar-refractivity contribution < 1.29 is 4.74 Å². The third kappa shape index (κ3) is 6.10. The summed E-state index contributed by atoms with van der Waals surface area (Å²) in [5.74, 6) is 0.893. The number of nitrogens with zero attached hydrogens (tertiary/aromatic N) is 2. The highest BCUT2D eigenvalue weighted by atomic mass is 16.5. The average Bonchev–Trinajstić information content (AvgIpc) is 2.69. The van der Waals surface area contributed by atoms with Gasteiger partial charge in [-0.05, 0) is 63.5 Å². The maximum Gasteiger partial charge on any atom is 0.121 e. The fourth-order valence-electron chi connectivity index (χ4n) is 3.63. The molecule has 1 aromatic heterocycles. The van der Waals surface area contributed by atoms with E-state index in [1.165, 1.54) is 43.2 Å². The molecule has 2 aromatic rings. The van der Waals surface area contributed by atoms with Crippen molar-refractivity contribution in [1.82, 2.24) is 9.88 Å². The van der Waals surface area contributed by atoms with Crippen LogP contribution < -0.4 is 10.1 Å². The van der Waals surface area contributed by atoms with Gasteiger partial charge < -0.3 is 15.0 Å². The molecule has 0 aliphatic heterocycles. The van der Waals surface area contributed by atoms with Gasteiger partial charge in [0, 0.05) is 23.7 Å². The number of hydrogen-bond acceptors (Lipinski definition) is 4. The lowest BCUT2D eigenvalue weighted by Gasteiger charge is -2.17. The van der Waals surface area contributed by atoms with Crippen LogP contribution >= 0.6 is 0 Å². The van der Waals surface area contributed by atoms with E-state index in [9.17, 15) is 0 Å². The summed E-state index contributed by atoms with van der Waals surface area (Å²) in [6.07, 6.45) is 6.05. The molecule has 1 N–H and O–H groups in total. The van der Waals surface area contributed by atoms with Crippen LogP contribution in [0.5, 0.6) is 5.75 Å². The van der Waals surface area contributed by atoms with Crippen LogP contribution in [0.3, 0.4) is 0 Å². The molecule has 150 valence electrons. The van der Waals surface area contributed by atoms with Crippen molar-refractivity contribution in [3.05, 3.63) is 29.5 Å². The van der Waals surface area contributed by atoms with Gasteiger partial charge in [-0.15, -0.1) is 0 Å². The van der Waals surface area contributed by atoms with Gasteiger partial charge in [0.25, 0.3) is 0 Å². The lowest BCUT2D eigenvalue weighted by molar-refractivity contribution is 0.295. The van der Waals surface area contributed by atoms with E-state index < -0.39 is 0 Å². The van der Waals surface area contributed by atoms with Gasteiger partial charge in [-0.1, -0.05) is 33.6 Å². The van der Waals surface area contributed by atoms with Gasteiger partial charge in [-0.3, -0.25) is 4.98 Å².